The summed E-state index contributed by atoms with van der Waals surface area (Å²) in [5, 5.41) is 11.9. The van der Waals surface area contributed by atoms with Gasteiger partial charge in [-0.3, -0.25) is 14.7 Å². The van der Waals surface area contributed by atoms with Crippen LogP contribution in [0.2, 0.25) is 0 Å². The molecule has 0 radical (unpaired) electrons. The van der Waals surface area contributed by atoms with E-state index in [1.165, 1.54) is 9.79 Å². The van der Waals surface area contributed by atoms with Gasteiger partial charge < -0.3 is 28.0 Å². The van der Waals surface area contributed by atoms with Crippen LogP contribution in [0.1, 0.15) is 38.8 Å². The van der Waals surface area contributed by atoms with Crippen molar-refractivity contribution in [3.63, 3.8) is 0 Å². The van der Waals surface area contributed by atoms with E-state index >= 15 is 0 Å². The summed E-state index contributed by atoms with van der Waals surface area (Å²) in [7, 11) is -1.20. The van der Waals surface area contributed by atoms with Crippen LogP contribution in [-0.4, -0.2) is 99.4 Å². The average molecular weight is 826 g/mol. The number of carbonyl (C=O) groups excluding carboxylic acids is 1. The molecule has 3 aromatic carbocycles. The molecule has 8 rings (SSSR count). The van der Waals surface area contributed by atoms with Crippen LogP contribution in [0.15, 0.2) is 107 Å². The highest BCUT2D eigenvalue weighted by Gasteiger charge is 2.53. The lowest BCUT2D eigenvalue weighted by atomic mass is 10.1. The smallest absolute Gasteiger partial charge is 0.264 e. The second-order valence-electron chi connectivity index (χ2n) is 14.5. The van der Waals surface area contributed by atoms with E-state index in [2.05, 4.69) is 99.9 Å². The van der Waals surface area contributed by atoms with Crippen LogP contribution >= 0.6 is 18.6 Å². The van der Waals surface area contributed by atoms with E-state index in [-0.39, 0.29) is 49.7 Å². The minimum absolute atomic E-state index is 0.00585. The number of aromatic nitrogens is 4. The molecular formula is C42H48N7O7PS. The van der Waals surface area contributed by atoms with Crippen molar-refractivity contribution in [2.45, 2.75) is 79.1 Å². The maximum atomic E-state index is 13.0. The molecule has 5 aromatic rings. The number of nitrogens with one attached hydrogen (secondary N) is 1. The molecule has 3 aliphatic heterocycles. The fraction of sp³-hybridized carbons (Fsp3) is 0.405. The van der Waals surface area contributed by atoms with E-state index in [0.717, 1.165) is 25.1 Å². The second kappa shape index (κ2) is 18.1. The maximum absolute atomic E-state index is 13.0. The van der Waals surface area contributed by atoms with Crippen molar-refractivity contribution in [2.75, 3.05) is 44.2 Å². The van der Waals surface area contributed by atoms with Gasteiger partial charge in [-0.15, -0.1) is 0 Å². The number of para-hydroxylation sites is 1. The number of hydrogen-bond donors (Lipinski definition) is 1. The molecule has 5 heterocycles. The molecule has 1 amide bonds. The molecule has 3 fully saturated rings. The van der Waals surface area contributed by atoms with Crippen LogP contribution in [0.3, 0.4) is 0 Å². The van der Waals surface area contributed by atoms with Gasteiger partial charge in [0.05, 0.1) is 31.0 Å². The number of fused-ring (bicyclic) bond motifs is 2. The van der Waals surface area contributed by atoms with Crippen molar-refractivity contribution < 1.29 is 32.8 Å². The standard InChI is InChI=1S/C42H48N7O7PS/c1-4-33-37(56-57-49-24-14-22-32(49)34(55-57)27-58(3,30-18-10-6-11-19-30)31-20-12-7-13-21-31)38(51-2)41(54-33)48-28-44-36-39(48)46-42(47-40(36)52-25-15-23-43)45-35(50)26-53-29-16-8-5-9-17-29/h5-13,16-21,28,32-34,37-38,41H,4,14-15,22,24-27H2,1-3H3,(H,45,46,47,50)/t32-,33-,34+,37?,38+,41-,57+/m1/s1. The Morgan fingerprint density at radius 2 is 1.69 bits per heavy atom. The van der Waals surface area contributed by atoms with Gasteiger partial charge in [0.15, 0.2) is 24.0 Å². The number of nitriles is 1. The predicted octanol–water partition coefficient (Wildman–Crippen LogP) is 7.49. The molecule has 2 aromatic heterocycles. The first kappa shape index (κ1) is 40.1. The lowest BCUT2D eigenvalue weighted by Gasteiger charge is -2.39. The predicted molar refractivity (Wildman–Crippen MR) is 221 cm³/mol. The average Bonchev–Trinajstić information content (AvgIpc) is 4.05. The zero-order valence-corrected chi connectivity index (χ0v) is 34.5. The SMILES string of the molecule is CC[C@H]1O[C@@H](n2cnc3c(OCCC#N)nc(NC(=O)COc4ccccc4)nc32)[C@@H](OC)C1O[P@]1O[C@@H](CS(C)(c2ccccc2)c2ccccc2)[C@H]2CCCN21. The fourth-order valence-electron chi connectivity index (χ4n) is 7.93. The van der Waals surface area contributed by atoms with Gasteiger partial charge in [-0.1, -0.05) is 61.5 Å². The number of rotatable bonds is 16. The lowest BCUT2D eigenvalue weighted by molar-refractivity contribution is -0.118. The van der Waals surface area contributed by atoms with Gasteiger partial charge >= 0.3 is 0 Å². The number of imidazole rings is 1. The number of amides is 1. The quantitative estimate of drug-likeness (QED) is 0.0775. The first-order chi connectivity index (χ1) is 28.4. The topological polar surface area (TPSA) is 155 Å². The van der Waals surface area contributed by atoms with Crippen LogP contribution in [0.5, 0.6) is 11.6 Å². The molecule has 7 atom stereocenters. The monoisotopic (exact) mass is 825 g/mol. The summed E-state index contributed by atoms with van der Waals surface area (Å²) in [4.78, 5) is 29.4. The number of anilines is 1. The number of methoxy groups -OCH3 is 1. The first-order valence-electron chi connectivity index (χ1n) is 19.6. The largest absolute Gasteiger partial charge is 0.484 e. The van der Waals surface area contributed by atoms with Crippen molar-refractivity contribution in [1.82, 2.24) is 24.2 Å². The number of nitrogens with zero attached hydrogens (tertiary/aromatic N) is 6. The van der Waals surface area contributed by atoms with E-state index < -0.39 is 42.9 Å². The van der Waals surface area contributed by atoms with Gasteiger partial charge in [0.2, 0.25) is 11.8 Å². The van der Waals surface area contributed by atoms with Crippen LogP contribution < -0.4 is 14.8 Å². The molecule has 0 bridgehead atoms. The maximum Gasteiger partial charge on any atom is 0.264 e. The molecule has 0 aliphatic carbocycles. The summed E-state index contributed by atoms with van der Waals surface area (Å²) in [6, 6.07) is 33.0. The third kappa shape index (κ3) is 8.28. The van der Waals surface area contributed by atoms with E-state index in [0.29, 0.717) is 23.3 Å². The molecule has 14 nitrogen and oxygen atoms in total. The molecule has 16 heteroatoms. The fourth-order valence-corrected chi connectivity index (χ4v) is 13.2. The number of benzene rings is 3. The van der Waals surface area contributed by atoms with Crippen molar-refractivity contribution >= 4 is 41.6 Å². The Morgan fingerprint density at radius 3 is 2.36 bits per heavy atom. The van der Waals surface area contributed by atoms with E-state index in [1.807, 2.05) is 18.2 Å². The van der Waals surface area contributed by atoms with Crippen molar-refractivity contribution in [2.24, 2.45) is 0 Å². The van der Waals surface area contributed by atoms with Crippen LogP contribution in [0.25, 0.3) is 11.2 Å². The molecule has 0 saturated carbocycles. The molecule has 58 heavy (non-hydrogen) atoms. The van der Waals surface area contributed by atoms with Gasteiger partial charge in [0, 0.05) is 25.4 Å². The minimum Gasteiger partial charge on any atom is -0.484 e. The summed E-state index contributed by atoms with van der Waals surface area (Å²) in [5.74, 6) is 1.09. The van der Waals surface area contributed by atoms with Gasteiger partial charge in [-0.25, -0.2) is 9.65 Å². The van der Waals surface area contributed by atoms with Crippen molar-refractivity contribution in [3.05, 3.63) is 97.3 Å². The first-order valence-corrected chi connectivity index (χ1v) is 22.9. The summed E-state index contributed by atoms with van der Waals surface area (Å²) in [6.45, 7) is 2.79. The van der Waals surface area contributed by atoms with Crippen LogP contribution in [0.4, 0.5) is 5.95 Å². The Morgan fingerprint density at radius 1 is 0.983 bits per heavy atom. The molecule has 0 spiro atoms. The van der Waals surface area contributed by atoms with Crippen molar-refractivity contribution in [1.29, 1.82) is 5.26 Å². The number of carbonyl (C=O) groups is 1. The van der Waals surface area contributed by atoms with Gasteiger partial charge in [0.1, 0.15) is 24.6 Å². The molecular weight excluding hydrogens is 778 g/mol. The Kier molecular flexibility index (Phi) is 12.5. The number of hydrogen-bond acceptors (Lipinski definition) is 12. The molecule has 304 valence electrons. The Bertz CT molecular complexity index is 2160. The lowest BCUT2D eigenvalue weighted by Crippen LogP contribution is -2.36. The highest BCUT2D eigenvalue weighted by atomic mass is 32.3. The summed E-state index contributed by atoms with van der Waals surface area (Å²) >= 11 is 0. The zero-order chi connectivity index (χ0) is 40.1. The van der Waals surface area contributed by atoms with Gasteiger partial charge in [-0.2, -0.15) is 25.3 Å². The van der Waals surface area contributed by atoms with E-state index in [1.54, 1.807) is 30.1 Å². The zero-order valence-electron chi connectivity index (χ0n) is 32.8. The third-order valence-electron chi connectivity index (χ3n) is 10.8. The summed E-state index contributed by atoms with van der Waals surface area (Å²) in [5.41, 5.74) is 0.705. The molecule has 1 N–H and O–H groups in total. The van der Waals surface area contributed by atoms with Crippen LogP contribution in [0, 0.1) is 11.3 Å². The Hall–Kier alpha value is -4.65. The van der Waals surface area contributed by atoms with E-state index in [9.17, 15) is 4.79 Å². The number of ether oxygens (including phenoxy) is 4. The highest BCUT2D eigenvalue weighted by Crippen LogP contribution is 2.65. The molecule has 3 saturated heterocycles. The van der Waals surface area contributed by atoms with Crippen LogP contribution in [-0.2, 0) is 23.3 Å². The van der Waals surface area contributed by atoms with Gasteiger partial charge in [-0.05, 0) is 71.7 Å². The molecule has 3 aliphatic rings. The van der Waals surface area contributed by atoms with Gasteiger partial charge in [0.25, 0.3) is 14.4 Å². The molecule has 1 unspecified atom stereocenters. The van der Waals surface area contributed by atoms with E-state index in [4.69, 9.17) is 38.2 Å². The summed E-state index contributed by atoms with van der Waals surface area (Å²) < 4.78 is 42.7. The third-order valence-corrected chi connectivity index (χ3v) is 16.2. The Balaban J connectivity index is 1.04. The summed E-state index contributed by atoms with van der Waals surface area (Å²) in [6.07, 6.45) is 4.89. The normalized spacial score (nSPS) is 24.7. The second-order valence-corrected chi connectivity index (χ2v) is 19.3. The van der Waals surface area contributed by atoms with Crippen molar-refractivity contribution in [3.8, 4) is 17.7 Å². The highest BCUT2D eigenvalue weighted by molar-refractivity contribution is 8.33. The minimum atomic E-state index is -1.43. The Labute approximate surface area is 341 Å².